The predicted octanol–water partition coefficient (Wildman–Crippen LogP) is 1.31. The Labute approximate surface area is 73.1 Å². The van der Waals surface area contributed by atoms with Crippen LogP contribution in [0.15, 0.2) is 12.1 Å². The highest BCUT2D eigenvalue weighted by Crippen LogP contribution is 2.01. The molecule has 0 radical (unpaired) electrons. The number of pyridine rings is 1. The molecule has 0 saturated carbocycles. The second-order valence-electron chi connectivity index (χ2n) is 2.03. The minimum atomic E-state index is -1.09. The molecule has 1 aromatic rings. The summed E-state index contributed by atoms with van der Waals surface area (Å²) in [7, 11) is 0. The number of carbonyl (C=O) groups is 1. The largest absolute Gasteiger partial charge is 0.477 e. The number of aromatic carboxylic acids is 1. The first-order chi connectivity index (χ1) is 5.65. The maximum Gasteiger partial charge on any atom is 0.352 e. The van der Waals surface area contributed by atoms with E-state index >= 15 is 0 Å². The molecule has 0 aliphatic carbocycles. The van der Waals surface area contributed by atoms with E-state index in [2.05, 4.69) is 4.98 Å². The number of rotatable bonds is 1. The molecular formula is C7H4N2O2S. The van der Waals surface area contributed by atoms with Gasteiger partial charge in [-0.25, -0.2) is 4.79 Å². The van der Waals surface area contributed by atoms with Crippen LogP contribution in [-0.4, -0.2) is 16.1 Å². The van der Waals surface area contributed by atoms with Gasteiger partial charge in [0.05, 0.1) is 5.56 Å². The number of aromatic amines is 1. The van der Waals surface area contributed by atoms with Crippen LogP contribution in [0.5, 0.6) is 0 Å². The first kappa shape index (κ1) is 8.43. The molecule has 2 N–H and O–H groups in total. The minimum absolute atomic E-state index is 0.0148. The average Bonchev–Trinajstić information content (AvgIpc) is 2.04. The summed E-state index contributed by atoms with van der Waals surface area (Å²) in [6.45, 7) is 0. The van der Waals surface area contributed by atoms with Crippen LogP contribution in [0.4, 0.5) is 0 Å². The number of carboxylic acid groups (broad SMARTS) is 1. The lowest BCUT2D eigenvalue weighted by molar-refractivity contribution is 0.0690. The molecule has 0 saturated heterocycles. The summed E-state index contributed by atoms with van der Waals surface area (Å²) in [6.07, 6.45) is 0. The average molecular weight is 180 g/mol. The number of H-pyrrole nitrogens is 1. The highest BCUT2D eigenvalue weighted by Gasteiger charge is 2.02. The van der Waals surface area contributed by atoms with E-state index in [0.29, 0.717) is 0 Å². The van der Waals surface area contributed by atoms with Crippen LogP contribution in [0.2, 0.25) is 0 Å². The van der Waals surface area contributed by atoms with Crippen molar-refractivity contribution in [1.29, 1.82) is 5.26 Å². The quantitative estimate of drug-likeness (QED) is 0.639. The molecule has 60 valence electrons. The third-order valence-corrected chi connectivity index (χ3v) is 1.58. The fourth-order valence-electron chi connectivity index (χ4n) is 0.686. The van der Waals surface area contributed by atoms with Gasteiger partial charge in [0, 0.05) is 0 Å². The molecule has 0 spiro atoms. The summed E-state index contributed by atoms with van der Waals surface area (Å²) in [5.41, 5.74) is 0.258. The van der Waals surface area contributed by atoms with E-state index in [4.69, 9.17) is 22.6 Å². The molecule has 0 aromatic carbocycles. The van der Waals surface area contributed by atoms with Gasteiger partial charge in [-0.2, -0.15) is 5.26 Å². The predicted molar refractivity (Wildman–Crippen MR) is 43.3 cm³/mol. The van der Waals surface area contributed by atoms with Crippen molar-refractivity contribution in [2.24, 2.45) is 0 Å². The Hall–Kier alpha value is -1.67. The molecule has 0 aliphatic rings. The van der Waals surface area contributed by atoms with Gasteiger partial charge in [0.25, 0.3) is 0 Å². The van der Waals surface area contributed by atoms with Crippen LogP contribution in [0.1, 0.15) is 16.1 Å². The summed E-state index contributed by atoms with van der Waals surface area (Å²) >= 11 is 4.72. The molecule has 0 aliphatic heterocycles. The van der Waals surface area contributed by atoms with Crippen molar-refractivity contribution >= 4 is 18.2 Å². The number of carboxylic acids is 1. The minimum Gasteiger partial charge on any atom is -0.477 e. The highest BCUT2D eigenvalue weighted by atomic mass is 32.1. The van der Waals surface area contributed by atoms with E-state index in [9.17, 15) is 4.79 Å². The maximum absolute atomic E-state index is 10.4. The molecular weight excluding hydrogens is 176 g/mol. The van der Waals surface area contributed by atoms with E-state index in [1.165, 1.54) is 12.1 Å². The van der Waals surface area contributed by atoms with Gasteiger partial charge in [-0.05, 0) is 12.1 Å². The van der Waals surface area contributed by atoms with Gasteiger partial charge in [0.15, 0.2) is 0 Å². The van der Waals surface area contributed by atoms with Crippen molar-refractivity contribution in [3.63, 3.8) is 0 Å². The molecule has 4 nitrogen and oxygen atoms in total. The monoisotopic (exact) mass is 180 g/mol. The second kappa shape index (κ2) is 3.15. The first-order valence-corrected chi connectivity index (χ1v) is 3.42. The van der Waals surface area contributed by atoms with Crippen molar-refractivity contribution in [3.8, 4) is 6.07 Å². The van der Waals surface area contributed by atoms with Crippen LogP contribution in [-0.2, 0) is 0 Å². The lowest BCUT2D eigenvalue weighted by Crippen LogP contribution is -2.00. The summed E-state index contributed by atoms with van der Waals surface area (Å²) in [6, 6.07) is 4.51. The number of aromatic nitrogens is 1. The highest BCUT2D eigenvalue weighted by molar-refractivity contribution is 7.71. The second-order valence-corrected chi connectivity index (χ2v) is 2.44. The fraction of sp³-hybridized carbons (Fsp3) is 0. The Morgan fingerprint density at radius 2 is 2.33 bits per heavy atom. The summed E-state index contributed by atoms with van der Waals surface area (Å²) in [4.78, 5) is 12.8. The van der Waals surface area contributed by atoms with Crippen LogP contribution in [0.3, 0.4) is 0 Å². The van der Waals surface area contributed by atoms with Gasteiger partial charge in [-0.15, -0.1) is 0 Å². The van der Waals surface area contributed by atoms with Crippen LogP contribution in [0, 0.1) is 16.0 Å². The molecule has 0 bridgehead atoms. The van der Waals surface area contributed by atoms with E-state index in [1.54, 1.807) is 0 Å². The SMILES string of the molecule is N#Cc1ccc(C(=O)O)[nH]c1=S. The molecule has 1 aromatic heterocycles. The topological polar surface area (TPSA) is 76.9 Å². The Kier molecular flexibility index (Phi) is 2.21. The zero-order valence-corrected chi connectivity index (χ0v) is 6.68. The lowest BCUT2D eigenvalue weighted by Gasteiger charge is -1.94. The van der Waals surface area contributed by atoms with Gasteiger partial charge < -0.3 is 10.1 Å². The summed E-state index contributed by atoms with van der Waals surface area (Å²) < 4.78 is 0.150. The van der Waals surface area contributed by atoms with Gasteiger partial charge in [-0.3, -0.25) is 0 Å². The molecule has 1 rings (SSSR count). The van der Waals surface area contributed by atoms with Gasteiger partial charge in [0.1, 0.15) is 16.4 Å². The first-order valence-electron chi connectivity index (χ1n) is 3.02. The van der Waals surface area contributed by atoms with Gasteiger partial charge >= 0.3 is 5.97 Å². The van der Waals surface area contributed by atoms with Crippen LogP contribution >= 0.6 is 12.2 Å². The Morgan fingerprint density at radius 1 is 1.67 bits per heavy atom. The van der Waals surface area contributed by atoms with Crippen LogP contribution in [0.25, 0.3) is 0 Å². The molecule has 1 heterocycles. The molecule has 12 heavy (non-hydrogen) atoms. The van der Waals surface area contributed by atoms with Crippen molar-refractivity contribution < 1.29 is 9.90 Å². The molecule has 5 heteroatoms. The van der Waals surface area contributed by atoms with Crippen molar-refractivity contribution in [1.82, 2.24) is 4.98 Å². The van der Waals surface area contributed by atoms with E-state index < -0.39 is 5.97 Å². The van der Waals surface area contributed by atoms with Gasteiger partial charge in [-0.1, -0.05) is 12.2 Å². The molecule has 0 atom stereocenters. The van der Waals surface area contributed by atoms with Crippen molar-refractivity contribution in [3.05, 3.63) is 28.0 Å². The van der Waals surface area contributed by atoms with Crippen LogP contribution < -0.4 is 0 Å². The third kappa shape index (κ3) is 1.49. The van der Waals surface area contributed by atoms with Gasteiger partial charge in [0.2, 0.25) is 0 Å². The fourth-order valence-corrected chi connectivity index (χ4v) is 0.910. The number of nitrogens with one attached hydrogen (secondary N) is 1. The molecule has 0 fully saturated rings. The van der Waals surface area contributed by atoms with Crippen molar-refractivity contribution in [2.45, 2.75) is 0 Å². The Bertz CT molecular complexity index is 416. The maximum atomic E-state index is 10.4. The molecule has 0 amide bonds. The number of nitriles is 1. The van der Waals surface area contributed by atoms with E-state index in [-0.39, 0.29) is 15.9 Å². The zero-order chi connectivity index (χ0) is 9.14. The van der Waals surface area contributed by atoms with Crippen molar-refractivity contribution in [2.75, 3.05) is 0 Å². The normalized spacial score (nSPS) is 8.92. The molecule has 0 unspecified atom stereocenters. The Morgan fingerprint density at radius 3 is 2.75 bits per heavy atom. The summed E-state index contributed by atoms with van der Waals surface area (Å²) in [5, 5.41) is 17.0. The lowest BCUT2D eigenvalue weighted by atomic mass is 10.3. The zero-order valence-electron chi connectivity index (χ0n) is 5.87. The van der Waals surface area contributed by atoms with E-state index in [1.807, 2.05) is 6.07 Å². The Balaban J connectivity index is 3.31. The summed E-state index contributed by atoms with van der Waals surface area (Å²) in [5.74, 6) is -1.09. The third-order valence-electron chi connectivity index (χ3n) is 1.26. The standard InChI is InChI=1S/C7H4N2O2S/c8-3-4-1-2-5(7(10)11)9-6(4)12/h1-2H,(H,9,12)(H,10,11). The number of nitrogens with zero attached hydrogens (tertiary/aromatic N) is 1. The number of hydrogen-bond acceptors (Lipinski definition) is 3. The van der Waals surface area contributed by atoms with E-state index in [0.717, 1.165) is 0 Å². The number of hydrogen-bond donors (Lipinski definition) is 2. The smallest absolute Gasteiger partial charge is 0.352 e.